The maximum Gasteiger partial charge on any atom is 0.154 e. The van der Waals surface area contributed by atoms with Crippen LogP contribution in [0.2, 0.25) is 0 Å². The Morgan fingerprint density at radius 2 is 2.45 bits per heavy atom. The molecule has 3 heteroatoms. The largest absolute Gasteiger partial charge is 0.380 e. The van der Waals surface area contributed by atoms with E-state index in [-0.39, 0.29) is 17.7 Å². The first kappa shape index (κ1) is 8.68. The van der Waals surface area contributed by atoms with Gasteiger partial charge in [0.05, 0.1) is 18.6 Å². The number of rotatable bonds is 2. The Morgan fingerprint density at radius 3 is 2.91 bits per heavy atom. The van der Waals surface area contributed by atoms with Crippen molar-refractivity contribution in [3.05, 3.63) is 0 Å². The number of ether oxygens (including phenoxy) is 1. The number of hydrogen-bond donors (Lipinski definition) is 1. The van der Waals surface area contributed by atoms with E-state index in [0.29, 0.717) is 6.61 Å². The fraction of sp³-hybridized carbons (Fsp3) is 0.875. The summed E-state index contributed by atoms with van der Waals surface area (Å²) in [5.41, 5.74) is 4.98. The third-order valence-corrected chi connectivity index (χ3v) is 2.30. The molecule has 1 aliphatic rings. The lowest BCUT2D eigenvalue weighted by molar-refractivity contribution is -0.133. The molecule has 1 atom stereocenters. The van der Waals surface area contributed by atoms with Crippen LogP contribution in [0.1, 0.15) is 19.8 Å². The molecule has 0 radical (unpaired) electrons. The van der Waals surface area contributed by atoms with E-state index in [1.54, 1.807) is 0 Å². The number of carbonyl (C=O) groups excluding carboxylic acids is 1. The Hall–Kier alpha value is -0.410. The van der Waals surface area contributed by atoms with Crippen molar-refractivity contribution in [1.29, 1.82) is 0 Å². The highest BCUT2D eigenvalue weighted by Crippen LogP contribution is 2.28. The van der Waals surface area contributed by atoms with Gasteiger partial charge in [0.25, 0.3) is 0 Å². The van der Waals surface area contributed by atoms with E-state index in [4.69, 9.17) is 10.5 Å². The fourth-order valence-corrected chi connectivity index (χ4v) is 1.40. The Balaban J connectivity index is 2.56. The van der Waals surface area contributed by atoms with E-state index >= 15 is 0 Å². The molecular weight excluding hydrogens is 142 g/mol. The van der Waals surface area contributed by atoms with Gasteiger partial charge in [-0.15, -0.1) is 0 Å². The SMILES string of the molecule is CC1(C(=O)CN)CCCOC1. The topological polar surface area (TPSA) is 52.3 Å². The van der Waals surface area contributed by atoms with Crippen molar-refractivity contribution in [2.24, 2.45) is 11.1 Å². The fourth-order valence-electron chi connectivity index (χ4n) is 1.40. The monoisotopic (exact) mass is 157 g/mol. The minimum Gasteiger partial charge on any atom is -0.380 e. The Labute approximate surface area is 66.9 Å². The highest BCUT2D eigenvalue weighted by molar-refractivity contribution is 5.86. The van der Waals surface area contributed by atoms with Crippen LogP contribution < -0.4 is 5.73 Å². The maximum absolute atomic E-state index is 11.3. The van der Waals surface area contributed by atoms with Gasteiger partial charge in [-0.3, -0.25) is 4.79 Å². The zero-order valence-electron chi connectivity index (χ0n) is 6.93. The second-order valence-corrected chi connectivity index (χ2v) is 3.34. The molecule has 0 aromatic carbocycles. The van der Waals surface area contributed by atoms with Crippen molar-refractivity contribution in [3.8, 4) is 0 Å². The molecule has 1 aliphatic heterocycles. The third-order valence-electron chi connectivity index (χ3n) is 2.30. The molecule has 1 unspecified atom stereocenters. The van der Waals surface area contributed by atoms with Crippen LogP contribution in [0.25, 0.3) is 0 Å². The van der Waals surface area contributed by atoms with Crippen LogP contribution in [0.15, 0.2) is 0 Å². The summed E-state index contributed by atoms with van der Waals surface area (Å²) in [5, 5.41) is 0. The molecule has 0 bridgehead atoms. The molecule has 0 aromatic heterocycles. The van der Waals surface area contributed by atoms with Crippen LogP contribution in [0.3, 0.4) is 0 Å². The smallest absolute Gasteiger partial charge is 0.154 e. The lowest BCUT2D eigenvalue weighted by atomic mass is 9.81. The number of nitrogens with two attached hydrogens (primary N) is 1. The average molecular weight is 157 g/mol. The van der Waals surface area contributed by atoms with Gasteiger partial charge in [-0.05, 0) is 12.8 Å². The first-order valence-corrected chi connectivity index (χ1v) is 4.00. The van der Waals surface area contributed by atoms with E-state index in [0.717, 1.165) is 19.4 Å². The summed E-state index contributed by atoms with van der Waals surface area (Å²) in [6.07, 6.45) is 1.89. The Kier molecular flexibility index (Phi) is 2.62. The molecular formula is C8H15NO2. The molecule has 1 rings (SSSR count). The summed E-state index contributed by atoms with van der Waals surface area (Å²) in [7, 11) is 0. The van der Waals surface area contributed by atoms with E-state index in [9.17, 15) is 4.79 Å². The van der Waals surface area contributed by atoms with Gasteiger partial charge < -0.3 is 10.5 Å². The summed E-state index contributed by atoms with van der Waals surface area (Å²) in [6.45, 7) is 3.40. The Morgan fingerprint density at radius 1 is 1.73 bits per heavy atom. The van der Waals surface area contributed by atoms with Gasteiger partial charge in [-0.1, -0.05) is 6.92 Å². The van der Waals surface area contributed by atoms with Crippen LogP contribution in [0.5, 0.6) is 0 Å². The standard InChI is InChI=1S/C8H15NO2/c1-8(7(10)5-9)3-2-4-11-6-8/h2-6,9H2,1H3. The number of Topliss-reactive ketones (excluding diaryl/α,β-unsaturated/α-hetero) is 1. The second-order valence-electron chi connectivity index (χ2n) is 3.34. The maximum atomic E-state index is 11.3. The van der Waals surface area contributed by atoms with Crippen molar-refractivity contribution in [3.63, 3.8) is 0 Å². The minimum atomic E-state index is -0.299. The predicted molar refractivity (Wildman–Crippen MR) is 42.2 cm³/mol. The van der Waals surface area contributed by atoms with Gasteiger partial charge >= 0.3 is 0 Å². The molecule has 3 nitrogen and oxygen atoms in total. The molecule has 0 aromatic rings. The average Bonchev–Trinajstić information content (AvgIpc) is 2.04. The normalized spacial score (nSPS) is 31.8. The molecule has 0 spiro atoms. The molecule has 0 aliphatic carbocycles. The van der Waals surface area contributed by atoms with Crippen molar-refractivity contribution >= 4 is 5.78 Å². The highest BCUT2D eigenvalue weighted by atomic mass is 16.5. The van der Waals surface area contributed by atoms with Gasteiger partial charge in [-0.25, -0.2) is 0 Å². The molecule has 64 valence electrons. The summed E-state index contributed by atoms with van der Waals surface area (Å²) in [5.74, 6) is 0.122. The lowest BCUT2D eigenvalue weighted by Crippen LogP contribution is -2.40. The first-order valence-electron chi connectivity index (χ1n) is 4.00. The van der Waals surface area contributed by atoms with Crippen molar-refractivity contribution in [1.82, 2.24) is 0 Å². The molecule has 0 amide bonds. The molecule has 11 heavy (non-hydrogen) atoms. The molecule has 0 saturated carbocycles. The van der Waals surface area contributed by atoms with E-state index in [2.05, 4.69) is 0 Å². The van der Waals surface area contributed by atoms with Crippen molar-refractivity contribution in [2.75, 3.05) is 19.8 Å². The van der Waals surface area contributed by atoms with Crippen LogP contribution in [0, 0.1) is 5.41 Å². The lowest BCUT2D eigenvalue weighted by Gasteiger charge is -2.31. The number of carbonyl (C=O) groups is 1. The highest BCUT2D eigenvalue weighted by Gasteiger charge is 2.33. The zero-order valence-corrected chi connectivity index (χ0v) is 6.93. The van der Waals surface area contributed by atoms with Crippen molar-refractivity contribution < 1.29 is 9.53 Å². The minimum absolute atomic E-state index is 0.122. The zero-order chi connectivity index (χ0) is 8.32. The van der Waals surface area contributed by atoms with Crippen LogP contribution in [0.4, 0.5) is 0 Å². The summed E-state index contributed by atoms with van der Waals surface area (Å²) in [4.78, 5) is 11.3. The van der Waals surface area contributed by atoms with E-state index in [1.807, 2.05) is 6.92 Å². The number of hydrogen-bond acceptors (Lipinski definition) is 3. The van der Waals surface area contributed by atoms with E-state index in [1.165, 1.54) is 0 Å². The Bertz CT molecular complexity index is 150. The van der Waals surface area contributed by atoms with Gasteiger partial charge in [0.15, 0.2) is 5.78 Å². The van der Waals surface area contributed by atoms with Gasteiger partial charge in [0.1, 0.15) is 0 Å². The summed E-state index contributed by atoms with van der Waals surface area (Å²) in [6, 6.07) is 0. The first-order chi connectivity index (χ1) is 5.19. The van der Waals surface area contributed by atoms with Crippen LogP contribution in [-0.4, -0.2) is 25.5 Å². The second kappa shape index (κ2) is 3.32. The van der Waals surface area contributed by atoms with E-state index < -0.39 is 0 Å². The molecule has 2 N–H and O–H groups in total. The van der Waals surface area contributed by atoms with Gasteiger partial charge in [-0.2, -0.15) is 0 Å². The van der Waals surface area contributed by atoms with Crippen LogP contribution >= 0.6 is 0 Å². The van der Waals surface area contributed by atoms with Gasteiger partial charge in [0, 0.05) is 6.61 Å². The molecule has 1 saturated heterocycles. The van der Waals surface area contributed by atoms with Crippen molar-refractivity contribution in [2.45, 2.75) is 19.8 Å². The number of ketones is 1. The molecule has 1 heterocycles. The summed E-state index contributed by atoms with van der Waals surface area (Å²) < 4.78 is 5.23. The third kappa shape index (κ3) is 1.79. The molecule has 1 fully saturated rings. The summed E-state index contributed by atoms with van der Waals surface area (Å²) >= 11 is 0. The van der Waals surface area contributed by atoms with Gasteiger partial charge in [0.2, 0.25) is 0 Å². The predicted octanol–water partition coefficient (Wildman–Crippen LogP) is 0.331. The quantitative estimate of drug-likeness (QED) is 0.628. The van der Waals surface area contributed by atoms with Crippen LogP contribution in [-0.2, 0) is 9.53 Å².